The first-order valence-corrected chi connectivity index (χ1v) is 17.2. The molecule has 0 aliphatic carbocycles. The maximum atomic E-state index is 13.2. The number of amides is 2. The van der Waals surface area contributed by atoms with E-state index in [4.69, 9.17) is 4.74 Å². The molecule has 2 amide bonds. The Hall–Kier alpha value is -3.85. The number of nitrogens with one attached hydrogen (secondary N) is 2. The Morgan fingerprint density at radius 1 is 0.886 bits per heavy atom. The normalized spacial score (nSPS) is 14.5. The third-order valence-corrected chi connectivity index (χ3v) is 9.06. The number of para-hydroxylation sites is 1. The first kappa shape index (κ1) is 33.1. The van der Waals surface area contributed by atoms with Crippen molar-refractivity contribution in [3.05, 3.63) is 95.6 Å². The molecule has 44 heavy (non-hydrogen) atoms. The molecule has 1 saturated heterocycles. The summed E-state index contributed by atoms with van der Waals surface area (Å²) in [6, 6.07) is 24.0. The van der Waals surface area contributed by atoms with Gasteiger partial charge in [0.25, 0.3) is 5.91 Å². The average Bonchev–Trinajstić information content (AvgIpc) is 3.00. The molecule has 8 nitrogen and oxygen atoms in total. The third kappa shape index (κ3) is 9.58. The second-order valence-electron chi connectivity index (χ2n) is 12.0. The highest BCUT2D eigenvalue weighted by Gasteiger charge is 2.33. The van der Waals surface area contributed by atoms with Crippen LogP contribution in [0.4, 0.5) is 5.69 Å². The minimum Gasteiger partial charge on any atom is -0.478 e. The van der Waals surface area contributed by atoms with Gasteiger partial charge in [0.2, 0.25) is 15.9 Å². The quantitative estimate of drug-likeness (QED) is 0.227. The number of ether oxygens (including phenoxy) is 1. The van der Waals surface area contributed by atoms with Crippen LogP contribution in [0.25, 0.3) is 0 Å². The summed E-state index contributed by atoms with van der Waals surface area (Å²) in [5.74, 6) is -0.738. The van der Waals surface area contributed by atoms with Gasteiger partial charge >= 0.3 is 0 Å². The number of unbranched alkanes of at least 4 members (excludes halogenated alkanes) is 1. The number of piperidine rings is 1. The Labute approximate surface area is 262 Å². The number of hydrogen-bond donors (Lipinski definition) is 2. The summed E-state index contributed by atoms with van der Waals surface area (Å²) >= 11 is 0. The average molecular weight is 620 g/mol. The second kappa shape index (κ2) is 15.2. The summed E-state index contributed by atoms with van der Waals surface area (Å²) in [4.78, 5) is 28.5. The van der Waals surface area contributed by atoms with Crippen LogP contribution < -0.4 is 19.7 Å². The van der Waals surface area contributed by atoms with Crippen LogP contribution >= 0.6 is 0 Å². The van der Waals surface area contributed by atoms with Gasteiger partial charge in [0.1, 0.15) is 5.75 Å². The van der Waals surface area contributed by atoms with Crippen LogP contribution in [0.2, 0.25) is 0 Å². The van der Waals surface area contributed by atoms with Crippen LogP contribution in [0.15, 0.2) is 78.9 Å². The van der Waals surface area contributed by atoms with Crippen molar-refractivity contribution in [1.82, 2.24) is 10.0 Å². The number of nitrogens with zero attached hydrogens (tertiary/aromatic N) is 1. The summed E-state index contributed by atoms with van der Waals surface area (Å²) in [5, 5.41) is 3.30. The van der Waals surface area contributed by atoms with E-state index in [-0.39, 0.29) is 24.1 Å². The Morgan fingerprint density at radius 3 is 2.23 bits per heavy atom. The Bertz CT molecular complexity index is 1480. The lowest BCUT2D eigenvalue weighted by Gasteiger charge is -2.33. The largest absolute Gasteiger partial charge is 0.478 e. The van der Waals surface area contributed by atoms with E-state index in [1.807, 2.05) is 6.07 Å². The number of carbonyl (C=O) groups is 2. The molecule has 236 valence electrons. The SMILES string of the molecule is CCCCC(NC(=O)Cc1ccc(OC(C)(C)C(=O)NS(=O)(=O)Cc2ccccc2)cc1)c1ccccc1N1CCCCC1. The molecule has 1 aliphatic heterocycles. The van der Waals surface area contributed by atoms with Crippen molar-refractivity contribution in [3.63, 3.8) is 0 Å². The molecule has 1 unspecified atom stereocenters. The first-order valence-electron chi connectivity index (χ1n) is 15.6. The number of rotatable bonds is 14. The van der Waals surface area contributed by atoms with Crippen LogP contribution in [0.1, 0.15) is 82.0 Å². The zero-order valence-electron chi connectivity index (χ0n) is 26.1. The topological polar surface area (TPSA) is 105 Å². The molecule has 0 bridgehead atoms. The van der Waals surface area contributed by atoms with E-state index in [0.717, 1.165) is 37.9 Å². The van der Waals surface area contributed by atoms with Crippen molar-refractivity contribution < 1.29 is 22.7 Å². The van der Waals surface area contributed by atoms with E-state index in [1.54, 1.807) is 54.6 Å². The van der Waals surface area contributed by atoms with Crippen LogP contribution in [0.3, 0.4) is 0 Å². The lowest BCUT2D eigenvalue weighted by Crippen LogP contribution is -2.48. The Kier molecular flexibility index (Phi) is 11.4. The van der Waals surface area contributed by atoms with Gasteiger partial charge in [-0.25, -0.2) is 13.1 Å². The standard InChI is InChI=1S/C35H45N3O5S/c1-4-5-17-31(30-16-10-11-18-32(30)38-23-12-7-13-24-38)36-33(39)25-27-19-21-29(22-20-27)43-35(2,3)34(40)37-44(41,42)26-28-14-8-6-9-15-28/h6,8-11,14-16,18-22,31H,4-5,7,12-13,17,23-26H2,1-3H3,(H,36,39)(H,37,40). The minimum absolute atomic E-state index is 0.0588. The van der Waals surface area contributed by atoms with Crippen molar-refractivity contribution in [1.29, 1.82) is 0 Å². The van der Waals surface area contributed by atoms with E-state index in [1.165, 1.54) is 44.4 Å². The van der Waals surface area contributed by atoms with Gasteiger partial charge in [-0.15, -0.1) is 0 Å². The molecule has 0 saturated carbocycles. The maximum absolute atomic E-state index is 13.2. The van der Waals surface area contributed by atoms with Crippen molar-refractivity contribution >= 4 is 27.5 Å². The molecule has 4 rings (SSSR count). The summed E-state index contributed by atoms with van der Waals surface area (Å²) in [7, 11) is -3.90. The molecule has 1 atom stereocenters. The lowest BCUT2D eigenvalue weighted by molar-refractivity contribution is -0.132. The highest BCUT2D eigenvalue weighted by atomic mass is 32.2. The molecule has 1 fully saturated rings. The van der Waals surface area contributed by atoms with Gasteiger partial charge in [-0.2, -0.15) is 0 Å². The van der Waals surface area contributed by atoms with Crippen molar-refractivity contribution in [2.75, 3.05) is 18.0 Å². The molecule has 1 heterocycles. The van der Waals surface area contributed by atoms with Crippen LogP contribution in [-0.4, -0.2) is 38.9 Å². The molecule has 0 radical (unpaired) electrons. The molecular formula is C35H45N3O5S. The third-order valence-electron chi connectivity index (χ3n) is 7.85. The van der Waals surface area contributed by atoms with Gasteiger partial charge in [0.15, 0.2) is 5.60 Å². The predicted molar refractivity (Wildman–Crippen MR) is 175 cm³/mol. The van der Waals surface area contributed by atoms with Gasteiger partial charge in [-0.3, -0.25) is 9.59 Å². The summed E-state index contributed by atoms with van der Waals surface area (Å²) in [5.41, 5.74) is 2.33. The van der Waals surface area contributed by atoms with E-state index < -0.39 is 21.5 Å². The Balaban J connectivity index is 1.36. The summed E-state index contributed by atoms with van der Waals surface area (Å²) in [6.45, 7) is 7.27. The molecule has 9 heteroatoms. The predicted octanol–water partition coefficient (Wildman–Crippen LogP) is 6.07. The number of anilines is 1. The minimum atomic E-state index is -3.90. The van der Waals surface area contributed by atoms with Crippen LogP contribution in [0, 0.1) is 0 Å². The molecule has 3 aromatic rings. The maximum Gasteiger partial charge on any atom is 0.277 e. The van der Waals surface area contributed by atoms with E-state index >= 15 is 0 Å². The first-order chi connectivity index (χ1) is 21.1. The summed E-state index contributed by atoms with van der Waals surface area (Å²) in [6.07, 6.45) is 6.79. The van der Waals surface area contributed by atoms with E-state index in [2.05, 4.69) is 40.1 Å². The van der Waals surface area contributed by atoms with Crippen molar-refractivity contribution in [3.8, 4) is 5.75 Å². The molecule has 0 aromatic heterocycles. The highest BCUT2D eigenvalue weighted by Crippen LogP contribution is 2.31. The van der Waals surface area contributed by atoms with Gasteiger partial charge in [-0.1, -0.05) is 80.4 Å². The van der Waals surface area contributed by atoms with Gasteiger partial charge in [0.05, 0.1) is 18.2 Å². The van der Waals surface area contributed by atoms with Gasteiger partial charge in [0, 0.05) is 18.8 Å². The monoisotopic (exact) mass is 619 g/mol. The molecule has 3 aromatic carbocycles. The van der Waals surface area contributed by atoms with Crippen LogP contribution in [0.5, 0.6) is 5.75 Å². The molecule has 0 spiro atoms. The van der Waals surface area contributed by atoms with Gasteiger partial charge in [-0.05, 0) is 74.4 Å². The van der Waals surface area contributed by atoms with Crippen molar-refractivity contribution in [2.24, 2.45) is 0 Å². The number of benzene rings is 3. The number of sulfonamides is 1. The number of hydrogen-bond acceptors (Lipinski definition) is 6. The zero-order valence-corrected chi connectivity index (χ0v) is 26.9. The van der Waals surface area contributed by atoms with E-state index in [9.17, 15) is 18.0 Å². The fourth-order valence-corrected chi connectivity index (χ4v) is 6.69. The molecule has 2 N–H and O–H groups in total. The number of carbonyl (C=O) groups excluding carboxylic acids is 2. The summed E-state index contributed by atoms with van der Waals surface area (Å²) < 4.78 is 33.1. The van der Waals surface area contributed by atoms with Crippen LogP contribution in [-0.2, 0) is 31.8 Å². The lowest BCUT2D eigenvalue weighted by atomic mass is 9.97. The smallest absolute Gasteiger partial charge is 0.277 e. The van der Waals surface area contributed by atoms with E-state index in [0.29, 0.717) is 11.3 Å². The van der Waals surface area contributed by atoms with Gasteiger partial charge < -0.3 is 15.0 Å². The molecular weight excluding hydrogens is 574 g/mol. The highest BCUT2D eigenvalue weighted by molar-refractivity contribution is 7.89. The zero-order chi connectivity index (χ0) is 31.6. The Morgan fingerprint density at radius 2 is 1.55 bits per heavy atom. The molecule has 1 aliphatic rings. The van der Waals surface area contributed by atoms with Crippen molar-refractivity contribution in [2.45, 2.75) is 83.1 Å². The fraction of sp³-hybridized carbons (Fsp3) is 0.429. The second-order valence-corrected chi connectivity index (χ2v) is 13.7. The fourth-order valence-electron chi connectivity index (χ4n) is 5.46.